The highest BCUT2D eigenvalue weighted by atomic mass is 16.3. The monoisotopic (exact) mass is 236 g/mol. The van der Waals surface area contributed by atoms with Crippen molar-refractivity contribution in [3.63, 3.8) is 0 Å². The SMILES string of the molecule is CCCCCC(O)C12CC3CC(CC(C3)C1)C2. The average Bonchev–Trinajstić information content (AvgIpc) is 2.27. The zero-order valence-corrected chi connectivity index (χ0v) is 11.3. The van der Waals surface area contributed by atoms with Crippen molar-refractivity contribution in [2.24, 2.45) is 23.2 Å². The minimum atomic E-state index is 0.0162. The van der Waals surface area contributed by atoms with Gasteiger partial charge in [-0.3, -0.25) is 0 Å². The lowest BCUT2D eigenvalue weighted by Crippen LogP contribution is -2.51. The summed E-state index contributed by atoms with van der Waals surface area (Å²) in [7, 11) is 0. The Balaban J connectivity index is 1.64. The maximum atomic E-state index is 10.6. The second-order valence-corrected chi connectivity index (χ2v) is 7.29. The van der Waals surface area contributed by atoms with Crippen LogP contribution in [0.3, 0.4) is 0 Å². The van der Waals surface area contributed by atoms with Gasteiger partial charge in [-0.2, -0.15) is 0 Å². The van der Waals surface area contributed by atoms with Crippen LogP contribution in [0.4, 0.5) is 0 Å². The van der Waals surface area contributed by atoms with Gasteiger partial charge >= 0.3 is 0 Å². The molecule has 4 aliphatic carbocycles. The van der Waals surface area contributed by atoms with Gasteiger partial charge in [0.2, 0.25) is 0 Å². The highest BCUT2D eigenvalue weighted by Gasteiger charge is 2.53. The van der Waals surface area contributed by atoms with Crippen molar-refractivity contribution >= 4 is 0 Å². The van der Waals surface area contributed by atoms with Crippen LogP contribution >= 0.6 is 0 Å². The molecule has 4 saturated carbocycles. The number of aliphatic hydroxyl groups excluding tert-OH is 1. The first-order valence-corrected chi connectivity index (χ1v) is 7.90. The Morgan fingerprint density at radius 2 is 1.53 bits per heavy atom. The van der Waals surface area contributed by atoms with E-state index >= 15 is 0 Å². The molecule has 1 nitrogen and oxygen atoms in total. The predicted molar refractivity (Wildman–Crippen MR) is 70.8 cm³/mol. The summed E-state index contributed by atoms with van der Waals surface area (Å²) in [6, 6.07) is 0. The topological polar surface area (TPSA) is 20.2 Å². The van der Waals surface area contributed by atoms with E-state index in [1.165, 1.54) is 57.8 Å². The van der Waals surface area contributed by atoms with Crippen LogP contribution in [0.2, 0.25) is 0 Å². The Bertz CT molecular complexity index is 235. The third kappa shape index (κ3) is 2.16. The summed E-state index contributed by atoms with van der Waals surface area (Å²) in [6.07, 6.45) is 13.4. The highest BCUT2D eigenvalue weighted by Crippen LogP contribution is 2.61. The van der Waals surface area contributed by atoms with Gasteiger partial charge in [-0.1, -0.05) is 26.2 Å². The summed E-state index contributed by atoms with van der Waals surface area (Å²) in [5, 5.41) is 10.6. The van der Waals surface area contributed by atoms with Crippen molar-refractivity contribution in [1.29, 1.82) is 0 Å². The molecular formula is C16H28O. The predicted octanol–water partition coefficient (Wildman–Crippen LogP) is 4.14. The summed E-state index contributed by atoms with van der Waals surface area (Å²) >= 11 is 0. The summed E-state index contributed by atoms with van der Waals surface area (Å²) in [6.45, 7) is 2.25. The molecule has 1 unspecified atom stereocenters. The van der Waals surface area contributed by atoms with Gasteiger partial charge in [0.25, 0.3) is 0 Å². The summed E-state index contributed by atoms with van der Waals surface area (Å²) in [4.78, 5) is 0. The van der Waals surface area contributed by atoms with Crippen LogP contribution < -0.4 is 0 Å². The minimum Gasteiger partial charge on any atom is -0.393 e. The fraction of sp³-hybridized carbons (Fsp3) is 1.00. The molecule has 0 saturated heterocycles. The molecule has 1 heteroatoms. The largest absolute Gasteiger partial charge is 0.393 e. The van der Waals surface area contributed by atoms with Gasteiger partial charge in [0, 0.05) is 0 Å². The molecule has 1 atom stereocenters. The maximum absolute atomic E-state index is 10.6. The zero-order valence-electron chi connectivity index (χ0n) is 11.3. The molecule has 4 rings (SSSR count). The van der Waals surface area contributed by atoms with Crippen molar-refractivity contribution in [2.75, 3.05) is 0 Å². The van der Waals surface area contributed by atoms with Gasteiger partial charge in [0.15, 0.2) is 0 Å². The third-order valence-corrected chi connectivity index (χ3v) is 5.87. The van der Waals surface area contributed by atoms with E-state index in [1.807, 2.05) is 0 Å². The van der Waals surface area contributed by atoms with Crippen LogP contribution in [0.5, 0.6) is 0 Å². The average molecular weight is 236 g/mol. The second-order valence-electron chi connectivity index (χ2n) is 7.29. The lowest BCUT2D eigenvalue weighted by Gasteiger charge is -2.58. The molecule has 4 aliphatic rings. The number of hydrogen-bond acceptors (Lipinski definition) is 1. The molecule has 0 heterocycles. The molecule has 0 amide bonds. The summed E-state index contributed by atoms with van der Waals surface area (Å²) in [5.74, 6) is 2.92. The van der Waals surface area contributed by atoms with Crippen molar-refractivity contribution in [3.8, 4) is 0 Å². The molecule has 0 aromatic rings. The van der Waals surface area contributed by atoms with Gasteiger partial charge in [0.05, 0.1) is 6.10 Å². The molecule has 0 aliphatic heterocycles. The number of unbranched alkanes of at least 4 members (excludes halogenated alkanes) is 2. The molecule has 0 radical (unpaired) electrons. The standard InChI is InChI=1S/C16H28O/c1-2-3-4-5-15(17)16-9-12-6-13(10-16)8-14(7-12)11-16/h12-15,17H,2-11H2,1H3. The van der Waals surface area contributed by atoms with Crippen molar-refractivity contribution in [1.82, 2.24) is 0 Å². The van der Waals surface area contributed by atoms with E-state index in [-0.39, 0.29) is 6.10 Å². The minimum absolute atomic E-state index is 0.0162. The number of aliphatic hydroxyl groups is 1. The molecule has 98 valence electrons. The van der Waals surface area contributed by atoms with E-state index in [2.05, 4.69) is 6.92 Å². The van der Waals surface area contributed by atoms with E-state index in [4.69, 9.17) is 0 Å². The first-order chi connectivity index (χ1) is 8.22. The third-order valence-electron chi connectivity index (χ3n) is 5.87. The number of hydrogen-bond donors (Lipinski definition) is 1. The van der Waals surface area contributed by atoms with Gasteiger partial charge in [-0.05, 0) is 68.1 Å². The zero-order chi connectivity index (χ0) is 11.9. The highest BCUT2D eigenvalue weighted by molar-refractivity contribution is 5.04. The number of rotatable bonds is 5. The summed E-state index contributed by atoms with van der Waals surface area (Å²) in [5.41, 5.74) is 0.364. The maximum Gasteiger partial charge on any atom is 0.0596 e. The van der Waals surface area contributed by atoms with E-state index < -0.39 is 0 Å². The van der Waals surface area contributed by atoms with Gasteiger partial charge in [-0.15, -0.1) is 0 Å². The van der Waals surface area contributed by atoms with Crippen LogP contribution in [-0.4, -0.2) is 11.2 Å². The fourth-order valence-corrected chi connectivity index (χ4v) is 5.48. The normalized spacial score (nSPS) is 45.2. The molecule has 1 N–H and O–H groups in total. The second kappa shape index (κ2) is 4.57. The van der Waals surface area contributed by atoms with Crippen molar-refractivity contribution in [3.05, 3.63) is 0 Å². The van der Waals surface area contributed by atoms with Gasteiger partial charge < -0.3 is 5.11 Å². The van der Waals surface area contributed by atoms with Crippen LogP contribution in [0.25, 0.3) is 0 Å². The Morgan fingerprint density at radius 1 is 1.00 bits per heavy atom. The van der Waals surface area contributed by atoms with E-state index in [0.717, 1.165) is 24.2 Å². The van der Waals surface area contributed by atoms with Crippen LogP contribution in [0, 0.1) is 23.2 Å². The van der Waals surface area contributed by atoms with Crippen molar-refractivity contribution < 1.29 is 5.11 Å². The van der Waals surface area contributed by atoms with Crippen LogP contribution in [-0.2, 0) is 0 Å². The Morgan fingerprint density at radius 3 is 2.00 bits per heavy atom. The smallest absolute Gasteiger partial charge is 0.0596 e. The Hall–Kier alpha value is -0.0400. The van der Waals surface area contributed by atoms with Gasteiger partial charge in [-0.25, -0.2) is 0 Å². The van der Waals surface area contributed by atoms with Gasteiger partial charge in [0.1, 0.15) is 0 Å². The molecule has 4 bridgehead atoms. The van der Waals surface area contributed by atoms with E-state index in [9.17, 15) is 5.11 Å². The summed E-state index contributed by atoms with van der Waals surface area (Å²) < 4.78 is 0. The fourth-order valence-electron chi connectivity index (χ4n) is 5.48. The first-order valence-electron chi connectivity index (χ1n) is 7.90. The quantitative estimate of drug-likeness (QED) is 0.711. The lowest BCUT2D eigenvalue weighted by molar-refractivity contribution is -0.122. The molecule has 0 spiro atoms. The molecule has 4 fully saturated rings. The molecule has 0 aromatic heterocycles. The molecule has 17 heavy (non-hydrogen) atoms. The van der Waals surface area contributed by atoms with E-state index in [0.29, 0.717) is 5.41 Å². The Labute approximate surface area is 106 Å². The lowest BCUT2D eigenvalue weighted by atomic mass is 9.48. The molecule has 0 aromatic carbocycles. The van der Waals surface area contributed by atoms with Crippen LogP contribution in [0.1, 0.15) is 71.1 Å². The van der Waals surface area contributed by atoms with Crippen molar-refractivity contribution in [2.45, 2.75) is 77.2 Å². The van der Waals surface area contributed by atoms with Crippen LogP contribution in [0.15, 0.2) is 0 Å². The first kappa shape index (κ1) is 12.0. The van der Waals surface area contributed by atoms with E-state index in [1.54, 1.807) is 0 Å². The Kier molecular flexibility index (Phi) is 3.23. The molecular weight excluding hydrogens is 208 g/mol.